The van der Waals surface area contributed by atoms with Gasteiger partial charge in [-0.05, 0) is 37.3 Å². The molecule has 0 atom stereocenters. The van der Waals surface area contributed by atoms with Gasteiger partial charge in [-0.1, -0.05) is 42.0 Å². The van der Waals surface area contributed by atoms with E-state index in [9.17, 15) is 9.59 Å². The van der Waals surface area contributed by atoms with E-state index in [1.807, 2.05) is 31.2 Å². The van der Waals surface area contributed by atoms with Crippen LogP contribution in [0.1, 0.15) is 26.4 Å². The molecule has 0 saturated heterocycles. The van der Waals surface area contributed by atoms with Crippen molar-refractivity contribution in [3.63, 3.8) is 0 Å². The van der Waals surface area contributed by atoms with Crippen molar-refractivity contribution in [1.29, 1.82) is 0 Å². The molecule has 2 heterocycles. The highest BCUT2D eigenvalue weighted by Gasteiger charge is 2.19. The summed E-state index contributed by atoms with van der Waals surface area (Å²) in [6.45, 7) is 1.98. The van der Waals surface area contributed by atoms with Crippen molar-refractivity contribution in [3.05, 3.63) is 96.1 Å². The first-order valence-electron chi connectivity index (χ1n) is 9.24. The number of hydrogen-bond donors (Lipinski definition) is 2. The topological polar surface area (TPSA) is 97.1 Å². The highest BCUT2D eigenvalue weighted by atomic mass is 16.3. The summed E-state index contributed by atoms with van der Waals surface area (Å²) in [5.41, 5.74) is 2.88. The minimum atomic E-state index is -0.429. The van der Waals surface area contributed by atoms with Crippen LogP contribution in [-0.2, 0) is 0 Å². The van der Waals surface area contributed by atoms with Crippen molar-refractivity contribution in [2.24, 2.45) is 0 Å². The number of rotatable bonds is 5. The number of amides is 2. The van der Waals surface area contributed by atoms with Crippen molar-refractivity contribution >= 4 is 23.3 Å². The van der Waals surface area contributed by atoms with Gasteiger partial charge in [-0.3, -0.25) is 9.59 Å². The summed E-state index contributed by atoms with van der Waals surface area (Å²) in [6, 6.07) is 19.5. The van der Waals surface area contributed by atoms with E-state index in [1.54, 1.807) is 48.7 Å². The number of benzene rings is 2. The number of aryl methyl sites for hydroxylation is 1. The van der Waals surface area contributed by atoms with E-state index in [-0.39, 0.29) is 11.6 Å². The van der Waals surface area contributed by atoms with E-state index in [0.29, 0.717) is 22.8 Å². The van der Waals surface area contributed by atoms with Crippen LogP contribution in [0.2, 0.25) is 0 Å². The first-order chi connectivity index (χ1) is 14.6. The molecule has 148 valence electrons. The van der Waals surface area contributed by atoms with Crippen LogP contribution in [0.25, 0.3) is 11.3 Å². The maximum absolute atomic E-state index is 12.8. The number of anilines is 2. The van der Waals surface area contributed by atoms with Crippen LogP contribution in [0.5, 0.6) is 0 Å². The van der Waals surface area contributed by atoms with Gasteiger partial charge >= 0.3 is 0 Å². The van der Waals surface area contributed by atoms with Gasteiger partial charge in [0.25, 0.3) is 11.8 Å². The van der Waals surface area contributed by atoms with Gasteiger partial charge in [0.2, 0.25) is 0 Å². The highest BCUT2D eigenvalue weighted by molar-refractivity contribution is 6.08. The van der Waals surface area contributed by atoms with Gasteiger partial charge < -0.3 is 15.1 Å². The summed E-state index contributed by atoms with van der Waals surface area (Å²) >= 11 is 0. The average Bonchev–Trinajstić information content (AvgIpc) is 3.25. The van der Waals surface area contributed by atoms with Gasteiger partial charge in [-0.2, -0.15) is 0 Å². The Morgan fingerprint density at radius 1 is 0.867 bits per heavy atom. The summed E-state index contributed by atoms with van der Waals surface area (Å²) in [5, 5.41) is 5.48. The second-order valence-corrected chi connectivity index (χ2v) is 6.60. The zero-order valence-electron chi connectivity index (χ0n) is 16.1. The number of oxazole rings is 1. The van der Waals surface area contributed by atoms with E-state index in [2.05, 4.69) is 20.6 Å². The standard InChI is InChI=1S/C23H18N4O3/c1-15-8-10-16(11-9-15)21-20(25-14-30-21)23(29)26-18-6-4-5-17(13-18)22(28)27-19-7-2-3-12-24-19/h2-14H,1H3,(H,26,29)(H,24,27,28). The predicted molar refractivity (Wildman–Crippen MR) is 113 cm³/mol. The van der Waals surface area contributed by atoms with Gasteiger partial charge in [0.05, 0.1) is 0 Å². The quantitative estimate of drug-likeness (QED) is 0.514. The molecule has 7 nitrogen and oxygen atoms in total. The lowest BCUT2D eigenvalue weighted by atomic mass is 10.1. The first-order valence-corrected chi connectivity index (χ1v) is 9.24. The third-order valence-corrected chi connectivity index (χ3v) is 4.39. The van der Waals surface area contributed by atoms with Crippen LogP contribution in [0.4, 0.5) is 11.5 Å². The zero-order valence-corrected chi connectivity index (χ0v) is 16.1. The normalized spacial score (nSPS) is 10.4. The molecule has 30 heavy (non-hydrogen) atoms. The Hall–Kier alpha value is -4.26. The lowest BCUT2D eigenvalue weighted by molar-refractivity contribution is 0.101. The Kier molecular flexibility index (Phi) is 5.34. The maximum atomic E-state index is 12.8. The SMILES string of the molecule is Cc1ccc(-c2ocnc2C(=O)Nc2cccc(C(=O)Nc3ccccn3)c2)cc1. The molecule has 0 unspecified atom stereocenters. The molecular formula is C23H18N4O3. The molecule has 0 fully saturated rings. The van der Waals surface area contributed by atoms with Gasteiger partial charge in [-0.25, -0.2) is 9.97 Å². The van der Waals surface area contributed by atoms with E-state index in [1.165, 1.54) is 6.39 Å². The fourth-order valence-electron chi connectivity index (χ4n) is 2.87. The van der Waals surface area contributed by atoms with Crippen LogP contribution in [0.15, 0.2) is 83.7 Å². The van der Waals surface area contributed by atoms with Crippen molar-refractivity contribution < 1.29 is 14.0 Å². The number of carbonyl (C=O) groups excluding carboxylic acids is 2. The summed E-state index contributed by atoms with van der Waals surface area (Å²) in [7, 11) is 0. The summed E-state index contributed by atoms with van der Waals surface area (Å²) in [6.07, 6.45) is 2.83. The molecule has 0 spiro atoms. The van der Waals surface area contributed by atoms with Crippen molar-refractivity contribution in [3.8, 4) is 11.3 Å². The zero-order chi connectivity index (χ0) is 20.9. The second-order valence-electron chi connectivity index (χ2n) is 6.60. The van der Waals surface area contributed by atoms with Gasteiger partial charge in [0.1, 0.15) is 5.82 Å². The molecule has 0 radical (unpaired) electrons. The van der Waals surface area contributed by atoms with Gasteiger partial charge in [0.15, 0.2) is 17.8 Å². The molecule has 2 aromatic heterocycles. The summed E-state index contributed by atoms with van der Waals surface area (Å²) in [5.74, 6) is 0.0759. The Morgan fingerprint density at radius 2 is 1.70 bits per heavy atom. The molecule has 2 amide bonds. The molecule has 0 aliphatic rings. The Labute approximate surface area is 172 Å². The predicted octanol–water partition coefficient (Wildman–Crippen LogP) is 4.55. The average molecular weight is 398 g/mol. The lowest BCUT2D eigenvalue weighted by Crippen LogP contribution is -2.15. The van der Waals surface area contributed by atoms with Crippen molar-refractivity contribution in [2.45, 2.75) is 6.92 Å². The van der Waals surface area contributed by atoms with Crippen molar-refractivity contribution in [2.75, 3.05) is 10.6 Å². The maximum Gasteiger partial charge on any atom is 0.278 e. The van der Waals surface area contributed by atoms with Crippen LogP contribution >= 0.6 is 0 Å². The first kappa shape index (κ1) is 19.1. The fraction of sp³-hybridized carbons (Fsp3) is 0.0435. The minimum Gasteiger partial charge on any atom is -0.443 e. The Bertz CT molecular complexity index is 1180. The van der Waals surface area contributed by atoms with E-state index < -0.39 is 5.91 Å². The van der Waals surface area contributed by atoms with Gasteiger partial charge in [0, 0.05) is 23.0 Å². The number of pyridine rings is 1. The molecule has 4 aromatic rings. The van der Waals surface area contributed by atoms with Crippen LogP contribution in [0, 0.1) is 6.92 Å². The molecular weight excluding hydrogens is 380 g/mol. The largest absolute Gasteiger partial charge is 0.443 e. The molecule has 7 heteroatoms. The Balaban J connectivity index is 1.51. The molecule has 0 bridgehead atoms. The lowest BCUT2D eigenvalue weighted by Gasteiger charge is -2.08. The number of aromatic nitrogens is 2. The molecule has 2 N–H and O–H groups in total. The summed E-state index contributed by atoms with van der Waals surface area (Å²) < 4.78 is 5.43. The van der Waals surface area contributed by atoms with Gasteiger partial charge in [-0.15, -0.1) is 0 Å². The smallest absolute Gasteiger partial charge is 0.278 e. The van der Waals surface area contributed by atoms with Crippen molar-refractivity contribution in [1.82, 2.24) is 9.97 Å². The monoisotopic (exact) mass is 398 g/mol. The number of hydrogen-bond acceptors (Lipinski definition) is 5. The third kappa shape index (κ3) is 4.25. The highest BCUT2D eigenvalue weighted by Crippen LogP contribution is 2.24. The van der Waals surface area contributed by atoms with E-state index in [4.69, 9.17) is 4.42 Å². The summed E-state index contributed by atoms with van der Waals surface area (Å²) in [4.78, 5) is 33.4. The number of nitrogens with zero attached hydrogens (tertiary/aromatic N) is 2. The molecule has 2 aromatic carbocycles. The third-order valence-electron chi connectivity index (χ3n) is 4.39. The molecule has 0 saturated carbocycles. The Morgan fingerprint density at radius 3 is 2.47 bits per heavy atom. The second kappa shape index (κ2) is 8.40. The molecule has 0 aliphatic heterocycles. The minimum absolute atomic E-state index is 0.169. The van der Waals surface area contributed by atoms with Crippen LogP contribution in [-0.4, -0.2) is 21.8 Å². The fourth-order valence-corrected chi connectivity index (χ4v) is 2.87. The van der Waals surface area contributed by atoms with Crippen LogP contribution in [0.3, 0.4) is 0 Å². The molecule has 4 rings (SSSR count). The van der Waals surface area contributed by atoms with E-state index >= 15 is 0 Å². The molecule has 0 aliphatic carbocycles. The number of carbonyl (C=O) groups is 2. The number of nitrogens with one attached hydrogen (secondary N) is 2. The van der Waals surface area contributed by atoms with E-state index in [0.717, 1.165) is 11.1 Å². The van der Waals surface area contributed by atoms with Crippen LogP contribution < -0.4 is 10.6 Å².